The molecule has 1 aliphatic rings. The summed E-state index contributed by atoms with van der Waals surface area (Å²) in [6.07, 6.45) is 3.08. The number of hydrogen-bond acceptors (Lipinski definition) is 3. The zero-order valence-electron chi connectivity index (χ0n) is 12.5. The minimum Gasteiger partial charge on any atom is -0.310 e. The fourth-order valence-corrected chi connectivity index (χ4v) is 3.88. The number of hydrogen-bond donors (Lipinski definition) is 1. The number of nitrogens with zero attached hydrogens (tertiary/aromatic N) is 1. The third kappa shape index (κ3) is 3.05. The van der Waals surface area contributed by atoms with Gasteiger partial charge in [-0.25, -0.2) is 8.42 Å². The molecule has 0 bridgehead atoms. The van der Waals surface area contributed by atoms with E-state index >= 15 is 0 Å². The normalized spacial score (nSPS) is 18.0. The summed E-state index contributed by atoms with van der Waals surface area (Å²) < 4.78 is 26.5. The second-order valence-corrected chi connectivity index (χ2v) is 7.45. The van der Waals surface area contributed by atoms with Crippen molar-refractivity contribution >= 4 is 10.0 Å². The molecule has 1 N–H and O–H groups in total. The molecule has 1 saturated carbocycles. The largest absolute Gasteiger partial charge is 0.310 e. The van der Waals surface area contributed by atoms with Crippen molar-refractivity contribution in [3.63, 3.8) is 0 Å². The predicted octanol–water partition coefficient (Wildman–Crippen LogP) is 2.53. The molecular formula is C15H24N2O2S. The van der Waals surface area contributed by atoms with Crippen LogP contribution in [-0.2, 0) is 10.0 Å². The third-order valence-electron chi connectivity index (χ3n) is 4.16. The Kier molecular flexibility index (Phi) is 4.83. The van der Waals surface area contributed by atoms with Crippen molar-refractivity contribution in [3.8, 4) is 0 Å². The first-order chi connectivity index (χ1) is 9.46. The van der Waals surface area contributed by atoms with Crippen molar-refractivity contribution in [3.05, 3.63) is 29.8 Å². The fraction of sp³-hybridized carbons (Fsp3) is 0.600. The van der Waals surface area contributed by atoms with Gasteiger partial charge in [0.2, 0.25) is 10.0 Å². The van der Waals surface area contributed by atoms with Gasteiger partial charge in [0.25, 0.3) is 0 Å². The minimum absolute atomic E-state index is 0.181. The first-order valence-electron chi connectivity index (χ1n) is 7.28. The number of benzene rings is 1. The highest BCUT2D eigenvalue weighted by atomic mass is 32.2. The van der Waals surface area contributed by atoms with Crippen molar-refractivity contribution in [2.75, 3.05) is 13.6 Å². The highest BCUT2D eigenvalue weighted by Crippen LogP contribution is 2.28. The molecule has 0 amide bonds. The average molecular weight is 296 g/mol. The molecular weight excluding hydrogens is 272 g/mol. The van der Waals surface area contributed by atoms with Gasteiger partial charge in [-0.05, 0) is 44.0 Å². The van der Waals surface area contributed by atoms with Crippen molar-refractivity contribution in [1.29, 1.82) is 0 Å². The van der Waals surface area contributed by atoms with E-state index in [1.807, 2.05) is 12.1 Å². The van der Waals surface area contributed by atoms with E-state index in [1.54, 1.807) is 19.2 Å². The molecule has 0 aliphatic heterocycles. The molecule has 0 radical (unpaired) electrons. The number of rotatable bonds is 6. The van der Waals surface area contributed by atoms with Crippen LogP contribution in [-0.4, -0.2) is 32.4 Å². The molecule has 5 heteroatoms. The predicted molar refractivity (Wildman–Crippen MR) is 81.1 cm³/mol. The lowest BCUT2D eigenvalue weighted by Crippen LogP contribution is -2.41. The second-order valence-electron chi connectivity index (χ2n) is 5.45. The summed E-state index contributed by atoms with van der Waals surface area (Å²) >= 11 is 0. The topological polar surface area (TPSA) is 49.4 Å². The number of sulfonamides is 1. The van der Waals surface area contributed by atoms with Gasteiger partial charge >= 0.3 is 0 Å². The van der Waals surface area contributed by atoms with Crippen LogP contribution in [0, 0.1) is 0 Å². The Labute approximate surface area is 122 Å². The molecule has 0 saturated heterocycles. The van der Waals surface area contributed by atoms with Crippen molar-refractivity contribution in [1.82, 2.24) is 9.62 Å². The summed E-state index contributed by atoms with van der Waals surface area (Å²) in [7, 11) is -1.65. The first kappa shape index (κ1) is 15.5. The van der Waals surface area contributed by atoms with Crippen LogP contribution in [0.5, 0.6) is 0 Å². The van der Waals surface area contributed by atoms with Gasteiger partial charge in [0.05, 0.1) is 4.90 Å². The maximum absolute atomic E-state index is 12.5. The summed E-state index contributed by atoms with van der Waals surface area (Å²) in [6, 6.07) is 7.65. The molecule has 1 aromatic carbocycles. The molecule has 0 spiro atoms. The summed E-state index contributed by atoms with van der Waals surface area (Å²) in [5, 5.41) is 3.32. The molecule has 1 fully saturated rings. The van der Waals surface area contributed by atoms with Gasteiger partial charge < -0.3 is 5.32 Å². The van der Waals surface area contributed by atoms with Crippen LogP contribution >= 0.6 is 0 Å². The Morgan fingerprint density at radius 3 is 2.35 bits per heavy atom. The van der Waals surface area contributed by atoms with Crippen LogP contribution in [0.2, 0.25) is 0 Å². The van der Waals surface area contributed by atoms with Crippen molar-refractivity contribution in [2.24, 2.45) is 0 Å². The average Bonchev–Trinajstić information content (AvgIpc) is 2.37. The lowest BCUT2D eigenvalue weighted by molar-refractivity contribution is 0.249. The van der Waals surface area contributed by atoms with E-state index in [0.29, 0.717) is 4.90 Å². The lowest BCUT2D eigenvalue weighted by atomic mass is 9.94. The summed E-state index contributed by atoms with van der Waals surface area (Å²) in [5.41, 5.74) is 1.11. The quantitative estimate of drug-likeness (QED) is 0.877. The minimum atomic E-state index is -3.34. The third-order valence-corrected chi connectivity index (χ3v) is 6.08. The second kappa shape index (κ2) is 6.24. The van der Waals surface area contributed by atoms with Crippen LogP contribution in [0.15, 0.2) is 29.2 Å². The van der Waals surface area contributed by atoms with Crippen molar-refractivity contribution in [2.45, 2.75) is 50.1 Å². The van der Waals surface area contributed by atoms with Gasteiger partial charge in [0, 0.05) is 19.1 Å². The standard InChI is InChI=1S/C15H24N2O2S/c1-4-16-12(2)13-8-10-15(11-9-13)20(18,19)17(3)14-6-5-7-14/h8-12,14,16H,4-7H2,1-3H3. The zero-order valence-corrected chi connectivity index (χ0v) is 13.3. The van der Waals surface area contributed by atoms with Crippen LogP contribution in [0.25, 0.3) is 0 Å². The van der Waals surface area contributed by atoms with Gasteiger partial charge in [-0.3, -0.25) is 0 Å². The summed E-state index contributed by atoms with van der Waals surface area (Å²) in [6.45, 7) is 5.03. The van der Waals surface area contributed by atoms with E-state index in [4.69, 9.17) is 0 Å². The van der Waals surface area contributed by atoms with Gasteiger partial charge in [0.1, 0.15) is 0 Å². The monoisotopic (exact) mass is 296 g/mol. The molecule has 112 valence electrons. The van der Waals surface area contributed by atoms with E-state index in [-0.39, 0.29) is 12.1 Å². The van der Waals surface area contributed by atoms with Gasteiger partial charge in [0.15, 0.2) is 0 Å². The lowest BCUT2D eigenvalue weighted by Gasteiger charge is -2.33. The summed E-state index contributed by atoms with van der Waals surface area (Å²) in [5.74, 6) is 0. The fourth-order valence-electron chi connectivity index (χ4n) is 2.47. The van der Waals surface area contributed by atoms with Gasteiger partial charge in [-0.2, -0.15) is 4.31 Å². The molecule has 2 rings (SSSR count). The molecule has 1 aromatic rings. The molecule has 0 heterocycles. The van der Waals surface area contributed by atoms with Gasteiger partial charge in [-0.15, -0.1) is 0 Å². The molecule has 1 atom stereocenters. The van der Waals surface area contributed by atoms with Crippen LogP contribution in [0.1, 0.15) is 44.7 Å². The Morgan fingerprint density at radius 2 is 1.90 bits per heavy atom. The van der Waals surface area contributed by atoms with E-state index < -0.39 is 10.0 Å². The molecule has 1 unspecified atom stereocenters. The van der Waals surface area contributed by atoms with E-state index in [2.05, 4.69) is 19.2 Å². The Hall–Kier alpha value is -0.910. The van der Waals surface area contributed by atoms with Gasteiger partial charge in [-0.1, -0.05) is 25.5 Å². The molecule has 20 heavy (non-hydrogen) atoms. The highest BCUT2D eigenvalue weighted by Gasteiger charge is 2.31. The Bertz CT molecular complexity index is 535. The smallest absolute Gasteiger partial charge is 0.243 e. The number of nitrogens with one attached hydrogen (secondary N) is 1. The zero-order chi connectivity index (χ0) is 14.8. The van der Waals surface area contributed by atoms with E-state index in [9.17, 15) is 8.42 Å². The van der Waals surface area contributed by atoms with E-state index in [0.717, 1.165) is 31.4 Å². The van der Waals surface area contributed by atoms with E-state index in [1.165, 1.54) is 4.31 Å². The Balaban J connectivity index is 2.16. The van der Waals surface area contributed by atoms with Crippen LogP contribution < -0.4 is 5.32 Å². The maximum Gasteiger partial charge on any atom is 0.243 e. The molecule has 4 nitrogen and oxygen atoms in total. The molecule has 1 aliphatic carbocycles. The molecule has 0 aromatic heterocycles. The van der Waals surface area contributed by atoms with Crippen LogP contribution in [0.4, 0.5) is 0 Å². The Morgan fingerprint density at radius 1 is 1.30 bits per heavy atom. The maximum atomic E-state index is 12.5. The van der Waals surface area contributed by atoms with Crippen LogP contribution in [0.3, 0.4) is 0 Å². The SMILES string of the molecule is CCNC(C)c1ccc(S(=O)(=O)N(C)C2CCC2)cc1. The first-order valence-corrected chi connectivity index (χ1v) is 8.72. The van der Waals surface area contributed by atoms with Crippen molar-refractivity contribution < 1.29 is 8.42 Å². The highest BCUT2D eigenvalue weighted by molar-refractivity contribution is 7.89. The summed E-state index contributed by atoms with van der Waals surface area (Å²) in [4.78, 5) is 0.388.